The number of furan rings is 1. The van der Waals surface area contributed by atoms with E-state index in [4.69, 9.17) is 13.9 Å². The van der Waals surface area contributed by atoms with E-state index in [1.54, 1.807) is 7.11 Å². The van der Waals surface area contributed by atoms with Gasteiger partial charge in [-0.3, -0.25) is 4.79 Å². The second kappa shape index (κ2) is 9.58. The summed E-state index contributed by atoms with van der Waals surface area (Å²) in [5.74, 6) is 1.34. The molecule has 0 spiro atoms. The Morgan fingerprint density at radius 2 is 1.80 bits per heavy atom. The predicted molar refractivity (Wildman–Crippen MR) is 138 cm³/mol. The zero-order chi connectivity index (χ0) is 24.4. The number of hydrogen-bond donors (Lipinski definition) is 2. The van der Waals surface area contributed by atoms with Crippen molar-refractivity contribution < 1.29 is 18.7 Å². The van der Waals surface area contributed by atoms with Crippen LogP contribution in [-0.4, -0.2) is 31.2 Å². The largest absolute Gasteiger partial charge is 0.493 e. The van der Waals surface area contributed by atoms with E-state index in [0.29, 0.717) is 36.0 Å². The van der Waals surface area contributed by atoms with E-state index in [2.05, 4.69) is 16.4 Å². The maximum absolute atomic E-state index is 13.2. The SMILES string of the molecule is CCOc1ccc([C@@H](CNC(=O)c2oc3ccccc3c2C)c2c[nH]c3ccccc23)cc1OC. The molecule has 0 saturated heterocycles. The first-order valence-electron chi connectivity index (χ1n) is 11.7. The first-order valence-corrected chi connectivity index (χ1v) is 11.7. The lowest BCUT2D eigenvalue weighted by Crippen LogP contribution is -2.29. The van der Waals surface area contributed by atoms with Gasteiger partial charge in [0.2, 0.25) is 0 Å². The molecule has 6 heteroatoms. The van der Waals surface area contributed by atoms with Gasteiger partial charge >= 0.3 is 0 Å². The van der Waals surface area contributed by atoms with Crippen molar-refractivity contribution in [2.45, 2.75) is 19.8 Å². The van der Waals surface area contributed by atoms with Crippen LogP contribution in [0, 0.1) is 6.92 Å². The third-order valence-electron chi connectivity index (χ3n) is 6.40. The van der Waals surface area contributed by atoms with Crippen molar-refractivity contribution in [3.63, 3.8) is 0 Å². The number of aromatic amines is 1. The Morgan fingerprint density at radius 3 is 2.57 bits per heavy atom. The molecular weight excluding hydrogens is 440 g/mol. The van der Waals surface area contributed by atoms with Crippen LogP contribution in [0.5, 0.6) is 11.5 Å². The minimum absolute atomic E-state index is 0.121. The molecule has 5 aromatic rings. The van der Waals surface area contributed by atoms with Crippen molar-refractivity contribution in [3.05, 3.63) is 95.4 Å². The molecule has 178 valence electrons. The highest BCUT2D eigenvalue weighted by Gasteiger charge is 2.23. The van der Waals surface area contributed by atoms with Gasteiger partial charge in [-0.1, -0.05) is 42.5 Å². The fraction of sp³-hybridized carbons (Fsp3) is 0.207. The zero-order valence-corrected chi connectivity index (χ0v) is 20.1. The number of aryl methyl sites for hydroxylation is 1. The van der Waals surface area contributed by atoms with Crippen LogP contribution in [0.4, 0.5) is 0 Å². The topological polar surface area (TPSA) is 76.5 Å². The van der Waals surface area contributed by atoms with Crippen LogP contribution in [0.3, 0.4) is 0 Å². The molecule has 1 amide bonds. The maximum atomic E-state index is 13.2. The molecule has 3 aromatic carbocycles. The number of amides is 1. The average molecular weight is 469 g/mol. The molecule has 1 atom stereocenters. The Kier molecular flexibility index (Phi) is 6.19. The third-order valence-corrected chi connectivity index (χ3v) is 6.40. The Morgan fingerprint density at radius 1 is 1.03 bits per heavy atom. The van der Waals surface area contributed by atoms with Gasteiger partial charge in [0, 0.05) is 40.5 Å². The first kappa shape index (κ1) is 22.6. The fourth-order valence-electron chi connectivity index (χ4n) is 4.63. The van der Waals surface area contributed by atoms with E-state index in [9.17, 15) is 4.79 Å². The standard InChI is InChI=1S/C29H28N2O4/c1-4-34-26-14-13-19(15-27(26)33-3)22(23-17-30-24-11-7-5-10-21(23)24)16-31-29(32)28-18(2)20-9-6-8-12-25(20)35-28/h5-15,17,22,30H,4,16H2,1-3H3,(H,31,32)/t22-/m1/s1. The molecule has 0 aliphatic heterocycles. The van der Waals surface area contributed by atoms with Gasteiger partial charge in [-0.2, -0.15) is 0 Å². The van der Waals surface area contributed by atoms with Gasteiger partial charge in [-0.05, 0) is 49.2 Å². The number of nitrogens with one attached hydrogen (secondary N) is 2. The molecule has 2 aromatic heterocycles. The van der Waals surface area contributed by atoms with Crippen LogP contribution in [0.15, 0.2) is 77.3 Å². The summed E-state index contributed by atoms with van der Waals surface area (Å²) in [4.78, 5) is 16.6. The zero-order valence-electron chi connectivity index (χ0n) is 20.1. The van der Waals surface area contributed by atoms with Gasteiger partial charge in [-0.25, -0.2) is 0 Å². The molecule has 35 heavy (non-hydrogen) atoms. The van der Waals surface area contributed by atoms with Gasteiger partial charge in [0.05, 0.1) is 13.7 Å². The van der Waals surface area contributed by atoms with Crippen LogP contribution >= 0.6 is 0 Å². The van der Waals surface area contributed by atoms with Gasteiger partial charge < -0.3 is 24.2 Å². The normalized spacial score (nSPS) is 12.1. The predicted octanol–water partition coefficient (Wildman–Crippen LogP) is 6.19. The minimum Gasteiger partial charge on any atom is -0.493 e. The Balaban J connectivity index is 1.50. The lowest BCUT2D eigenvalue weighted by atomic mass is 9.90. The molecule has 0 saturated carbocycles. The number of fused-ring (bicyclic) bond motifs is 2. The number of ether oxygens (including phenoxy) is 2. The smallest absolute Gasteiger partial charge is 0.287 e. The van der Waals surface area contributed by atoms with E-state index in [1.165, 1.54) is 0 Å². The maximum Gasteiger partial charge on any atom is 0.287 e. The summed E-state index contributed by atoms with van der Waals surface area (Å²) in [6, 6.07) is 21.8. The van der Waals surface area contributed by atoms with Gasteiger partial charge in [-0.15, -0.1) is 0 Å². The van der Waals surface area contributed by atoms with E-state index in [0.717, 1.165) is 33.0 Å². The summed E-state index contributed by atoms with van der Waals surface area (Å²) in [5.41, 5.74) is 4.69. The summed E-state index contributed by atoms with van der Waals surface area (Å²) in [6.45, 7) is 4.79. The van der Waals surface area contributed by atoms with E-state index in [-0.39, 0.29) is 11.8 Å². The Bertz CT molecular complexity index is 1500. The van der Waals surface area contributed by atoms with Crippen LogP contribution in [0.25, 0.3) is 21.9 Å². The highest BCUT2D eigenvalue weighted by Crippen LogP contribution is 2.36. The molecule has 0 aliphatic rings. The van der Waals surface area contributed by atoms with E-state index < -0.39 is 0 Å². The molecule has 0 unspecified atom stereocenters. The quantitative estimate of drug-likeness (QED) is 0.285. The van der Waals surface area contributed by atoms with Gasteiger partial charge in [0.15, 0.2) is 17.3 Å². The van der Waals surface area contributed by atoms with Crippen LogP contribution in [0.2, 0.25) is 0 Å². The summed E-state index contributed by atoms with van der Waals surface area (Å²) in [5, 5.41) is 5.17. The van der Waals surface area contributed by atoms with Crippen molar-refractivity contribution in [1.82, 2.24) is 10.3 Å². The first-order chi connectivity index (χ1) is 17.1. The molecule has 0 fully saturated rings. The lowest BCUT2D eigenvalue weighted by Gasteiger charge is -2.20. The van der Waals surface area contributed by atoms with Gasteiger partial charge in [0.25, 0.3) is 5.91 Å². The summed E-state index contributed by atoms with van der Waals surface area (Å²) in [7, 11) is 1.63. The van der Waals surface area contributed by atoms with Crippen LogP contribution < -0.4 is 14.8 Å². The van der Waals surface area contributed by atoms with E-state index in [1.807, 2.05) is 80.7 Å². The number of benzene rings is 3. The molecular formula is C29H28N2O4. The molecule has 0 aliphatic carbocycles. The molecule has 2 heterocycles. The number of para-hydroxylation sites is 2. The Labute approximate surface area is 203 Å². The highest BCUT2D eigenvalue weighted by atomic mass is 16.5. The monoisotopic (exact) mass is 468 g/mol. The lowest BCUT2D eigenvalue weighted by molar-refractivity contribution is 0.0926. The van der Waals surface area contributed by atoms with Crippen LogP contribution in [-0.2, 0) is 0 Å². The highest BCUT2D eigenvalue weighted by molar-refractivity contribution is 5.99. The number of carbonyl (C=O) groups excluding carboxylic acids is 1. The number of hydrogen-bond acceptors (Lipinski definition) is 4. The van der Waals surface area contributed by atoms with Crippen molar-refractivity contribution in [3.8, 4) is 11.5 Å². The molecule has 6 nitrogen and oxygen atoms in total. The number of rotatable bonds is 8. The Hall–Kier alpha value is -4.19. The molecule has 0 radical (unpaired) electrons. The van der Waals surface area contributed by atoms with Crippen molar-refractivity contribution in [2.75, 3.05) is 20.3 Å². The fourth-order valence-corrected chi connectivity index (χ4v) is 4.63. The molecule has 2 N–H and O–H groups in total. The van der Waals surface area contributed by atoms with Crippen molar-refractivity contribution in [2.24, 2.45) is 0 Å². The summed E-state index contributed by atoms with van der Waals surface area (Å²) >= 11 is 0. The summed E-state index contributed by atoms with van der Waals surface area (Å²) < 4.78 is 17.2. The number of carbonyl (C=O) groups is 1. The minimum atomic E-state index is -0.235. The second-order valence-electron chi connectivity index (χ2n) is 8.45. The van der Waals surface area contributed by atoms with Crippen molar-refractivity contribution in [1.29, 1.82) is 0 Å². The molecule has 0 bridgehead atoms. The van der Waals surface area contributed by atoms with Crippen LogP contribution in [0.1, 0.15) is 40.1 Å². The van der Waals surface area contributed by atoms with Gasteiger partial charge in [0.1, 0.15) is 5.58 Å². The number of H-pyrrole nitrogens is 1. The van der Waals surface area contributed by atoms with E-state index >= 15 is 0 Å². The number of aromatic nitrogens is 1. The van der Waals surface area contributed by atoms with Crippen molar-refractivity contribution >= 4 is 27.8 Å². The summed E-state index contributed by atoms with van der Waals surface area (Å²) in [6.07, 6.45) is 2.01. The average Bonchev–Trinajstić information content (AvgIpc) is 3.46. The third kappa shape index (κ3) is 4.23. The molecule has 5 rings (SSSR count). The second-order valence-corrected chi connectivity index (χ2v) is 8.45. The number of methoxy groups -OCH3 is 1.